The van der Waals surface area contributed by atoms with Gasteiger partial charge in [0.25, 0.3) is 0 Å². The SMILES string of the molecule is C1=CCc2c(c(N(c3ccccc3)C34C=C5c6ccccc6NCC56CC6C3C4)c3ccccc3c2-c2ccccc2)C=C1.CC.CC.CC.CC.CC. The van der Waals surface area contributed by atoms with Gasteiger partial charge in [-0.3, -0.25) is 0 Å². The first-order valence-electron chi connectivity index (χ1n) is 21.2. The number of hydrogen-bond acceptors (Lipinski definition) is 2. The fraction of sp³-hybridized carbons (Fsp3) is 0.346. The molecule has 2 saturated carbocycles. The summed E-state index contributed by atoms with van der Waals surface area (Å²) in [5, 5.41) is 6.48. The molecular weight excluding hydrogens is 653 g/mol. The molecular formula is C52H64N2. The number of hydrogen-bond donors (Lipinski definition) is 1. The van der Waals surface area contributed by atoms with Crippen LogP contribution in [0.15, 0.2) is 133 Å². The number of anilines is 3. The van der Waals surface area contributed by atoms with Gasteiger partial charge in [-0.05, 0) is 76.9 Å². The van der Waals surface area contributed by atoms with Gasteiger partial charge in [-0.25, -0.2) is 0 Å². The minimum absolute atomic E-state index is 0.0514. The molecule has 2 fully saturated rings. The van der Waals surface area contributed by atoms with E-state index in [0.29, 0.717) is 11.3 Å². The standard InChI is InChI=1S/C42H34N2.5C2H6/c1-4-14-28(15-5-1)39-30-18-8-3-9-20-32(30)40(33-21-11-10-19-31(33)39)44(29-16-6-2-7-17-29)42-25-35-34-22-12-13-23-38(34)43-27-41(35)24-36(41)37(42)26-42;5*1-2/h1-17,19-23,25,36-37,43H,18,24,26-27H2;5*1-2H3. The zero-order chi connectivity index (χ0) is 38.9. The summed E-state index contributed by atoms with van der Waals surface area (Å²) in [6, 6.07) is 40.4. The number of benzene rings is 5. The second-order valence-electron chi connectivity index (χ2n) is 13.4. The Hall–Kier alpha value is -4.82. The molecule has 282 valence electrons. The Labute approximate surface area is 327 Å². The van der Waals surface area contributed by atoms with E-state index in [-0.39, 0.29) is 5.54 Å². The van der Waals surface area contributed by atoms with Crippen LogP contribution in [0.1, 0.15) is 98.8 Å². The minimum atomic E-state index is -0.0514. The summed E-state index contributed by atoms with van der Waals surface area (Å²) in [4.78, 5) is 2.78. The van der Waals surface area contributed by atoms with Crippen molar-refractivity contribution in [1.29, 1.82) is 0 Å². The third-order valence-electron chi connectivity index (χ3n) is 11.3. The molecule has 0 radical (unpaired) electrons. The molecule has 2 heteroatoms. The van der Waals surface area contributed by atoms with Crippen molar-refractivity contribution in [2.24, 2.45) is 17.3 Å². The maximum atomic E-state index is 3.81. The number of rotatable bonds is 4. The van der Waals surface area contributed by atoms with E-state index < -0.39 is 0 Å². The van der Waals surface area contributed by atoms with Crippen LogP contribution in [0, 0.1) is 17.3 Å². The van der Waals surface area contributed by atoms with Gasteiger partial charge >= 0.3 is 0 Å². The van der Waals surface area contributed by atoms with Crippen LogP contribution in [0.25, 0.3) is 33.5 Å². The topological polar surface area (TPSA) is 15.3 Å². The predicted molar refractivity (Wildman–Crippen MR) is 241 cm³/mol. The Morgan fingerprint density at radius 3 is 1.93 bits per heavy atom. The van der Waals surface area contributed by atoms with Gasteiger partial charge in [0, 0.05) is 39.8 Å². The lowest BCUT2D eigenvalue weighted by Gasteiger charge is -2.41. The Bertz CT molecular complexity index is 2070. The number of para-hydroxylation sites is 2. The zero-order valence-corrected chi connectivity index (χ0v) is 34.7. The predicted octanol–water partition coefficient (Wildman–Crippen LogP) is 15.2. The highest BCUT2D eigenvalue weighted by atomic mass is 15.3. The smallest absolute Gasteiger partial charge is 0.0675 e. The molecule has 5 aliphatic rings. The second kappa shape index (κ2) is 18.0. The van der Waals surface area contributed by atoms with Gasteiger partial charge in [0.05, 0.1) is 11.2 Å². The van der Waals surface area contributed by atoms with Gasteiger partial charge in [-0.2, -0.15) is 0 Å². The van der Waals surface area contributed by atoms with Crippen LogP contribution < -0.4 is 10.2 Å². The van der Waals surface area contributed by atoms with E-state index in [1.807, 2.05) is 69.2 Å². The molecule has 4 aliphatic carbocycles. The van der Waals surface area contributed by atoms with Crippen LogP contribution in [-0.2, 0) is 6.42 Å². The third-order valence-corrected chi connectivity index (χ3v) is 11.3. The van der Waals surface area contributed by atoms with E-state index in [0.717, 1.165) is 18.9 Å². The fourth-order valence-corrected chi connectivity index (χ4v) is 9.24. The lowest BCUT2D eigenvalue weighted by molar-refractivity contribution is 0.499. The first-order valence-corrected chi connectivity index (χ1v) is 21.2. The second-order valence-corrected chi connectivity index (χ2v) is 13.4. The summed E-state index contributed by atoms with van der Waals surface area (Å²) in [6.07, 6.45) is 15.3. The molecule has 0 saturated heterocycles. The quantitative estimate of drug-likeness (QED) is 0.199. The Balaban J connectivity index is 0.000000522. The first kappa shape index (κ1) is 40.4. The minimum Gasteiger partial charge on any atom is -0.384 e. The summed E-state index contributed by atoms with van der Waals surface area (Å²) in [7, 11) is 0. The molecule has 5 aromatic carbocycles. The summed E-state index contributed by atoms with van der Waals surface area (Å²) >= 11 is 0. The van der Waals surface area contributed by atoms with Crippen molar-refractivity contribution < 1.29 is 0 Å². The van der Waals surface area contributed by atoms with E-state index >= 15 is 0 Å². The molecule has 4 unspecified atom stereocenters. The lowest BCUT2D eigenvalue weighted by atomic mass is 9.77. The van der Waals surface area contributed by atoms with Gasteiger partial charge in [0.2, 0.25) is 0 Å². The summed E-state index contributed by atoms with van der Waals surface area (Å²) in [5.41, 5.74) is 12.6. The molecule has 54 heavy (non-hydrogen) atoms. The van der Waals surface area contributed by atoms with Crippen LogP contribution in [0.3, 0.4) is 0 Å². The van der Waals surface area contributed by atoms with Gasteiger partial charge in [-0.15, -0.1) is 0 Å². The number of nitrogens with zero attached hydrogens (tertiary/aromatic N) is 1. The fourth-order valence-electron chi connectivity index (χ4n) is 9.24. The molecule has 4 atom stereocenters. The van der Waals surface area contributed by atoms with E-state index in [4.69, 9.17) is 0 Å². The van der Waals surface area contributed by atoms with Crippen LogP contribution in [0.5, 0.6) is 0 Å². The van der Waals surface area contributed by atoms with Crippen LogP contribution >= 0.6 is 0 Å². The Morgan fingerprint density at radius 2 is 1.22 bits per heavy atom. The summed E-state index contributed by atoms with van der Waals surface area (Å²) in [5.74, 6) is 1.37. The van der Waals surface area contributed by atoms with Crippen molar-refractivity contribution in [1.82, 2.24) is 0 Å². The first-order chi connectivity index (χ1) is 26.8. The van der Waals surface area contributed by atoms with Crippen LogP contribution in [0.2, 0.25) is 0 Å². The molecule has 1 aliphatic heterocycles. The average molecular weight is 717 g/mol. The largest absolute Gasteiger partial charge is 0.384 e. The highest BCUT2D eigenvalue weighted by Gasteiger charge is 2.75. The molecule has 0 amide bonds. The lowest BCUT2D eigenvalue weighted by Crippen LogP contribution is -2.39. The van der Waals surface area contributed by atoms with Crippen LogP contribution in [-0.4, -0.2) is 12.1 Å². The Morgan fingerprint density at radius 1 is 0.611 bits per heavy atom. The van der Waals surface area contributed by atoms with Crippen molar-refractivity contribution in [3.63, 3.8) is 0 Å². The van der Waals surface area contributed by atoms with Gasteiger partial charge in [0.15, 0.2) is 0 Å². The molecule has 1 spiro atoms. The molecule has 5 aromatic rings. The number of fused-ring (bicyclic) bond motifs is 6. The van der Waals surface area contributed by atoms with E-state index in [9.17, 15) is 0 Å². The van der Waals surface area contributed by atoms with Gasteiger partial charge in [0.1, 0.15) is 0 Å². The van der Waals surface area contributed by atoms with E-state index in [1.54, 1.807) is 5.57 Å². The van der Waals surface area contributed by atoms with Gasteiger partial charge in [-0.1, -0.05) is 191 Å². The molecule has 0 bridgehead atoms. The highest BCUT2D eigenvalue weighted by Crippen LogP contribution is 2.78. The van der Waals surface area contributed by atoms with E-state index in [2.05, 4.69) is 150 Å². The van der Waals surface area contributed by atoms with Crippen molar-refractivity contribution in [3.05, 3.63) is 150 Å². The molecule has 1 N–H and O–H groups in total. The average Bonchev–Trinajstić information content (AvgIpc) is 4.19. The summed E-state index contributed by atoms with van der Waals surface area (Å²) in [6.45, 7) is 21.1. The van der Waals surface area contributed by atoms with Gasteiger partial charge < -0.3 is 10.2 Å². The monoisotopic (exact) mass is 717 g/mol. The van der Waals surface area contributed by atoms with Crippen molar-refractivity contribution >= 4 is 39.5 Å². The molecule has 0 aromatic heterocycles. The maximum Gasteiger partial charge on any atom is 0.0675 e. The molecule has 10 rings (SSSR count). The maximum absolute atomic E-state index is 3.81. The van der Waals surface area contributed by atoms with E-state index in [1.165, 1.54) is 68.5 Å². The van der Waals surface area contributed by atoms with Crippen LogP contribution in [0.4, 0.5) is 17.1 Å². The summed E-state index contributed by atoms with van der Waals surface area (Å²) < 4.78 is 0. The highest BCUT2D eigenvalue weighted by molar-refractivity contribution is 6.10. The van der Waals surface area contributed by atoms with Crippen molar-refractivity contribution in [2.75, 3.05) is 16.8 Å². The van der Waals surface area contributed by atoms with Crippen molar-refractivity contribution in [2.45, 2.75) is 94.0 Å². The van der Waals surface area contributed by atoms with Crippen molar-refractivity contribution in [3.8, 4) is 11.1 Å². The normalized spacial score (nSPS) is 22.2. The Kier molecular flexibility index (Phi) is 13.5. The third kappa shape index (κ3) is 6.74. The zero-order valence-electron chi connectivity index (χ0n) is 34.7. The number of nitrogens with one attached hydrogen (secondary N) is 1. The molecule has 2 nitrogen and oxygen atoms in total. The molecule has 1 heterocycles. The number of allylic oxidation sites excluding steroid dienone is 3.